The second-order valence-corrected chi connectivity index (χ2v) is 6.49. The maximum absolute atomic E-state index is 9.63. The molecule has 0 aromatic heterocycles. The van der Waals surface area contributed by atoms with Crippen molar-refractivity contribution in [3.63, 3.8) is 0 Å². The molecule has 1 heterocycles. The molecule has 5 heteroatoms. The highest BCUT2D eigenvalue weighted by Crippen LogP contribution is 2.32. The Kier molecular flexibility index (Phi) is 6.26. The van der Waals surface area contributed by atoms with E-state index in [0.717, 1.165) is 37.5 Å². The van der Waals surface area contributed by atoms with E-state index in [4.69, 9.17) is 9.47 Å². The Labute approximate surface area is 139 Å². The average Bonchev–Trinajstić information content (AvgIpc) is 2.55. The van der Waals surface area contributed by atoms with E-state index >= 15 is 0 Å². The van der Waals surface area contributed by atoms with Crippen molar-refractivity contribution in [1.82, 2.24) is 9.80 Å². The van der Waals surface area contributed by atoms with E-state index in [2.05, 4.69) is 36.8 Å². The summed E-state index contributed by atoms with van der Waals surface area (Å²) in [4.78, 5) is 4.51. The second-order valence-electron chi connectivity index (χ2n) is 6.49. The smallest absolute Gasteiger partial charge is 0.161 e. The number of likely N-dealkylation sites (N-methyl/N-ethyl adjacent to an activating group) is 1. The first-order chi connectivity index (χ1) is 11.0. The zero-order valence-electron chi connectivity index (χ0n) is 14.6. The van der Waals surface area contributed by atoms with Crippen LogP contribution in [0.15, 0.2) is 18.2 Å². The van der Waals surface area contributed by atoms with Crippen LogP contribution in [0.3, 0.4) is 0 Å². The zero-order chi connectivity index (χ0) is 16.8. The van der Waals surface area contributed by atoms with Gasteiger partial charge in [0.05, 0.1) is 19.8 Å². The van der Waals surface area contributed by atoms with E-state index in [1.54, 1.807) is 7.11 Å². The van der Waals surface area contributed by atoms with Gasteiger partial charge in [0.1, 0.15) is 6.04 Å². The summed E-state index contributed by atoms with van der Waals surface area (Å²) in [5.41, 5.74) is 0.964. The summed E-state index contributed by atoms with van der Waals surface area (Å²) >= 11 is 0. The Morgan fingerprint density at radius 2 is 1.87 bits per heavy atom. The Morgan fingerprint density at radius 3 is 2.43 bits per heavy atom. The molecule has 0 radical (unpaired) electrons. The summed E-state index contributed by atoms with van der Waals surface area (Å²) in [5, 5.41) is 9.63. The number of ether oxygens (including phenoxy) is 2. The van der Waals surface area contributed by atoms with Crippen LogP contribution in [0.4, 0.5) is 0 Å². The van der Waals surface area contributed by atoms with Gasteiger partial charge in [0.25, 0.3) is 0 Å². The molecule has 1 saturated heterocycles. The van der Waals surface area contributed by atoms with Crippen LogP contribution in [-0.2, 0) is 0 Å². The zero-order valence-corrected chi connectivity index (χ0v) is 14.6. The lowest BCUT2D eigenvalue weighted by Gasteiger charge is -2.35. The Balaban J connectivity index is 2.16. The molecule has 0 aliphatic carbocycles. The molecule has 0 bridgehead atoms. The molecule has 1 aliphatic rings. The molecule has 1 unspecified atom stereocenters. The van der Waals surface area contributed by atoms with Gasteiger partial charge in [-0.2, -0.15) is 5.26 Å². The van der Waals surface area contributed by atoms with Crippen LogP contribution < -0.4 is 9.47 Å². The molecule has 1 aliphatic heterocycles. The second kappa shape index (κ2) is 8.19. The molecular weight excluding hydrogens is 290 g/mol. The van der Waals surface area contributed by atoms with Crippen molar-refractivity contribution in [3.8, 4) is 17.6 Å². The van der Waals surface area contributed by atoms with Crippen molar-refractivity contribution in [1.29, 1.82) is 5.26 Å². The third-order valence-corrected chi connectivity index (χ3v) is 4.10. The quantitative estimate of drug-likeness (QED) is 0.807. The van der Waals surface area contributed by atoms with Crippen molar-refractivity contribution in [2.45, 2.75) is 19.9 Å². The van der Waals surface area contributed by atoms with Crippen LogP contribution in [0.1, 0.15) is 25.5 Å². The highest BCUT2D eigenvalue weighted by atomic mass is 16.5. The standard InChI is InChI=1S/C18H27N3O2/c1-14(2)13-23-17-6-5-15(11-18(17)22-4)16(12-19)21-9-7-20(3)8-10-21/h5-6,11,14,16H,7-10,13H2,1-4H3. The maximum atomic E-state index is 9.63. The lowest BCUT2D eigenvalue weighted by Crippen LogP contribution is -2.45. The number of rotatable bonds is 6. The van der Waals surface area contributed by atoms with Crippen molar-refractivity contribution in [2.24, 2.45) is 5.92 Å². The third-order valence-electron chi connectivity index (χ3n) is 4.10. The lowest BCUT2D eigenvalue weighted by atomic mass is 10.0. The first-order valence-corrected chi connectivity index (χ1v) is 8.18. The van der Waals surface area contributed by atoms with Crippen molar-refractivity contribution < 1.29 is 9.47 Å². The molecule has 1 atom stereocenters. The van der Waals surface area contributed by atoms with E-state index < -0.39 is 0 Å². The number of hydrogen-bond acceptors (Lipinski definition) is 5. The fourth-order valence-corrected chi connectivity index (χ4v) is 2.68. The van der Waals surface area contributed by atoms with Gasteiger partial charge in [-0.1, -0.05) is 19.9 Å². The molecule has 23 heavy (non-hydrogen) atoms. The van der Waals surface area contributed by atoms with Crippen molar-refractivity contribution in [2.75, 3.05) is 46.9 Å². The summed E-state index contributed by atoms with van der Waals surface area (Å²) in [5.74, 6) is 1.88. The normalized spacial score (nSPS) is 17.7. The van der Waals surface area contributed by atoms with Gasteiger partial charge in [-0.05, 0) is 30.7 Å². The molecule has 2 rings (SSSR count). The molecule has 1 aromatic rings. The molecule has 1 fully saturated rings. The fourth-order valence-electron chi connectivity index (χ4n) is 2.68. The van der Waals surface area contributed by atoms with Gasteiger partial charge in [0.2, 0.25) is 0 Å². The van der Waals surface area contributed by atoms with Gasteiger partial charge < -0.3 is 14.4 Å². The lowest BCUT2D eigenvalue weighted by molar-refractivity contribution is 0.132. The third kappa shape index (κ3) is 4.60. The van der Waals surface area contributed by atoms with Gasteiger partial charge >= 0.3 is 0 Å². The minimum atomic E-state index is -0.239. The van der Waals surface area contributed by atoms with E-state index in [1.165, 1.54) is 0 Å². The van der Waals surface area contributed by atoms with Crippen molar-refractivity contribution in [3.05, 3.63) is 23.8 Å². The summed E-state index contributed by atoms with van der Waals surface area (Å²) in [6.45, 7) is 8.66. The van der Waals surface area contributed by atoms with Gasteiger partial charge in [-0.15, -0.1) is 0 Å². The first-order valence-electron chi connectivity index (χ1n) is 8.18. The fraction of sp³-hybridized carbons (Fsp3) is 0.611. The number of benzene rings is 1. The SMILES string of the molecule is COc1cc(C(C#N)N2CCN(C)CC2)ccc1OCC(C)C. The number of nitrogens with zero attached hydrogens (tertiary/aromatic N) is 3. The predicted octanol–water partition coefficient (Wildman–Crippen LogP) is 2.54. The number of nitriles is 1. The highest BCUT2D eigenvalue weighted by Gasteiger charge is 2.24. The number of hydrogen-bond donors (Lipinski definition) is 0. The molecule has 126 valence electrons. The molecule has 0 N–H and O–H groups in total. The van der Waals surface area contributed by atoms with Gasteiger partial charge in [-0.25, -0.2) is 0 Å². The topological polar surface area (TPSA) is 48.7 Å². The molecule has 1 aromatic carbocycles. The summed E-state index contributed by atoms with van der Waals surface area (Å²) in [6.07, 6.45) is 0. The Bertz CT molecular complexity index is 546. The van der Waals surface area contributed by atoms with Crippen LogP contribution in [0.2, 0.25) is 0 Å². The van der Waals surface area contributed by atoms with Gasteiger partial charge in [0.15, 0.2) is 11.5 Å². The number of methoxy groups -OCH3 is 1. The Hall–Kier alpha value is -1.77. The van der Waals surface area contributed by atoms with Crippen LogP contribution in [0, 0.1) is 17.2 Å². The summed E-state index contributed by atoms with van der Waals surface area (Å²) in [7, 11) is 3.75. The van der Waals surface area contributed by atoms with E-state index in [1.807, 2.05) is 18.2 Å². The molecular formula is C18H27N3O2. The van der Waals surface area contributed by atoms with E-state index in [0.29, 0.717) is 18.3 Å². The van der Waals surface area contributed by atoms with Crippen molar-refractivity contribution >= 4 is 0 Å². The first kappa shape index (κ1) is 17.6. The minimum Gasteiger partial charge on any atom is -0.493 e. The average molecular weight is 317 g/mol. The number of piperazine rings is 1. The summed E-state index contributed by atoms with van der Waals surface area (Å²) < 4.78 is 11.2. The van der Waals surface area contributed by atoms with E-state index in [9.17, 15) is 5.26 Å². The largest absolute Gasteiger partial charge is 0.493 e. The monoisotopic (exact) mass is 317 g/mol. The summed E-state index contributed by atoms with van der Waals surface area (Å²) in [6, 6.07) is 8.02. The highest BCUT2D eigenvalue weighted by molar-refractivity contribution is 5.45. The van der Waals surface area contributed by atoms with Crippen LogP contribution >= 0.6 is 0 Å². The predicted molar refractivity (Wildman–Crippen MR) is 90.8 cm³/mol. The maximum Gasteiger partial charge on any atom is 0.161 e. The molecule has 0 saturated carbocycles. The molecule has 0 spiro atoms. The molecule has 5 nitrogen and oxygen atoms in total. The van der Waals surface area contributed by atoms with Crippen LogP contribution in [-0.4, -0.2) is 56.7 Å². The van der Waals surface area contributed by atoms with Gasteiger partial charge in [-0.3, -0.25) is 4.90 Å². The van der Waals surface area contributed by atoms with E-state index in [-0.39, 0.29) is 6.04 Å². The van der Waals surface area contributed by atoms with Crippen LogP contribution in [0.5, 0.6) is 11.5 Å². The molecule has 0 amide bonds. The minimum absolute atomic E-state index is 0.239. The van der Waals surface area contributed by atoms with Gasteiger partial charge in [0, 0.05) is 26.2 Å². The Morgan fingerprint density at radius 1 is 1.17 bits per heavy atom. The van der Waals surface area contributed by atoms with Crippen LogP contribution in [0.25, 0.3) is 0 Å².